The first-order valence-corrected chi connectivity index (χ1v) is 10.7. The number of benzene rings is 2. The van der Waals surface area contributed by atoms with Gasteiger partial charge in [-0.05, 0) is 25.1 Å². The average Bonchev–Trinajstić information content (AvgIpc) is 2.68. The van der Waals surface area contributed by atoms with E-state index in [4.69, 9.17) is 0 Å². The van der Waals surface area contributed by atoms with E-state index in [1.165, 1.54) is 37.3 Å². The van der Waals surface area contributed by atoms with Gasteiger partial charge in [-0.15, -0.1) is 0 Å². The zero-order valence-electron chi connectivity index (χ0n) is 16.4. The number of rotatable bonds is 6. The molecular formula is C19H17N5O6S. The van der Waals surface area contributed by atoms with Gasteiger partial charge in [-0.3, -0.25) is 24.4 Å². The average molecular weight is 443 g/mol. The zero-order chi connectivity index (χ0) is 22.8. The molecule has 0 atom stereocenters. The van der Waals surface area contributed by atoms with Crippen molar-refractivity contribution in [3.8, 4) is 5.69 Å². The van der Waals surface area contributed by atoms with Crippen LogP contribution in [0.3, 0.4) is 0 Å². The predicted molar refractivity (Wildman–Crippen MR) is 114 cm³/mol. The molecule has 0 bridgehead atoms. The van der Waals surface area contributed by atoms with Crippen molar-refractivity contribution in [3.63, 3.8) is 0 Å². The Morgan fingerprint density at radius 3 is 2.35 bits per heavy atom. The molecule has 0 saturated carbocycles. The second-order valence-electron chi connectivity index (χ2n) is 6.53. The molecule has 31 heavy (non-hydrogen) atoms. The number of hydrogen-bond donors (Lipinski definition) is 2. The number of carbonyl (C=O) groups excluding carboxylic acids is 1. The lowest BCUT2D eigenvalue weighted by molar-refractivity contribution is -0.384. The van der Waals surface area contributed by atoms with Crippen LogP contribution in [-0.2, 0) is 10.0 Å². The summed E-state index contributed by atoms with van der Waals surface area (Å²) in [6.07, 6.45) is 0.957. The van der Waals surface area contributed by atoms with Gasteiger partial charge in [0, 0.05) is 17.8 Å². The molecule has 3 rings (SSSR count). The third-order valence-electron chi connectivity index (χ3n) is 4.10. The van der Waals surface area contributed by atoms with Crippen molar-refractivity contribution in [1.29, 1.82) is 0 Å². The van der Waals surface area contributed by atoms with Crippen LogP contribution in [0.4, 0.5) is 17.1 Å². The number of sulfonamides is 1. The molecule has 0 fully saturated rings. The third kappa shape index (κ3) is 4.93. The second kappa shape index (κ2) is 8.36. The highest BCUT2D eigenvalue weighted by molar-refractivity contribution is 7.92. The Hall–Kier alpha value is -4.06. The van der Waals surface area contributed by atoms with Gasteiger partial charge >= 0.3 is 0 Å². The van der Waals surface area contributed by atoms with Gasteiger partial charge in [0.2, 0.25) is 15.5 Å². The molecule has 0 radical (unpaired) electrons. The zero-order valence-corrected chi connectivity index (χ0v) is 17.2. The minimum absolute atomic E-state index is 0.0817. The number of hydrogen-bond acceptors (Lipinski definition) is 7. The van der Waals surface area contributed by atoms with Gasteiger partial charge in [-0.2, -0.15) is 5.10 Å². The molecule has 0 saturated heterocycles. The van der Waals surface area contributed by atoms with Crippen LogP contribution in [-0.4, -0.2) is 35.3 Å². The van der Waals surface area contributed by atoms with Gasteiger partial charge in [0.25, 0.3) is 11.6 Å². The van der Waals surface area contributed by atoms with Gasteiger partial charge in [0.1, 0.15) is 5.69 Å². The van der Waals surface area contributed by atoms with Crippen molar-refractivity contribution in [2.24, 2.45) is 0 Å². The fourth-order valence-electron chi connectivity index (χ4n) is 2.81. The van der Waals surface area contributed by atoms with Crippen LogP contribution in [0, 0.1) is 17.0 Å². The molecule has 0 aliphatic rings. The van der Waals surface area contributed by atoms with E-state index in [1.807, 2.05) is 0 Å². The SMILES string of the molecule is Cc1cc(=O)c(C(=O)Nc2ccccc2NS(C)(=O)=O)nn1-c1ccccc1[N+](=O)[O-]. The highest BCUT2D eigenvalue weighted by atomic mass is 32.2. The number of aromatic nitrogens is 2. The van der Waals surface area contributed by atoms with Crippen LogP contribution in [0.25, 0.3) is 5.69 Å². The van der Waals surface area contributed by atoms with Crippen LogP contribution in [0.1, 0.15) is 16.2 Å². The molecule has 1 aromatic heterocycles. The Kier molecular flexibility index (Phi) is 5.83. The van der Waals surface area contributed by atoms with Gasteiger partial charge in [0.05, 0.1) is 22.6 Å². The van der Waals surface area contributed by atoms with E-state index < -0.39 is 32.0 Å². The number of anilines is 2. The van der Waals surface area contributed by atoms with Crippen LogP contribution >= 0.6 is 0 Å². The van der Waals surface area contributed by atoms with E-state index in [2.05, 4.69) is 15.1 Å². The maximum Gasteiger partial charge on any atom is 0.294 e. The summed E-state index contributed by atoms with van der Waals surface area (Å²) in [7, 11) is -3.62. The normalized spacial score (nSPS) is 11.0. The van der Waals surface area contributed by atoms with Crippen LogP contribution in [0.5, 0.6) is 0 Å². The summed E-state index contributed by atoms with van der Waals surface area (Å²) in [6.45, 7) is 1.53. The van der Waals surface area contributed by atoms with Crippen molar-refractivity contribution >= 4 is 33.0 Å². The highest BCUT2D eigenvalue weighted by Gasteiger charge is 2.21. The molecule has 1 heterocycles. The lowest BCUT2D eigenvalue weighted by Crippen LogP contribution is -2.27. The van der Waals surface area contributed by atoms with Crippen LogP contribution in [0.15, 0.2) is 59.4 Å². The maximum atomic E-state index is 12.8. The summed E-state index contributed by atoms with van der Waals surface area (Å²) in [5.41, 5.74) is -0.887. The van der Waals surface area contributed by atoms with Crippen molar-refractivity contribution in [1.82, 2.24) is 9.78 Å². The molecule has 160 valence electrons. The quantitative estimate of drug-likeness (QED) is 0.437. The number of nitro benzene ring substituents is 1. The Morgan fingerprint density at radius 1 is 1.10 bits per heavy atom. The lowest BCUT2D eigenvalue weighted by atomic mass is 10.2. The predicted octanol–water partition coefficient (Wildman–Crippen LogP) is 2.07. The Morgan fingerprint density at radius 2 is 1.71 bits per heavy atom. The number of nitro groups is 1. The minimum atomic E-state index is -3.62. The fraction of sp³-hybridized carbons (Fsp3) is 0.105. The topological polar surface area (TPSA) is 153 Å². The van der Waals surface area contributed by atoms with Gasteiger partial charge in [-0.25, -0.2) is 13.1 Å². The molecule has 0 spiro atoms. The molecule has 0 unspecified atom stereocenters. The van der Waals surface area contributed by atoms with E-state index in [0.29, 0.717) is 0 Å². The number of nitrogens with one attached hydrogen (secondary N) is 2. The number of amides is 1. The second-order valence-corrected chi connectivity index (χ2v) is 8.28. The summed E-state index contributed by atoms with van der Waals surface area (Å²) >= 11 is 0. The van der Waals surface area contributed by atoms with Crippen molar-refractivity contribution < 1.29 is 18.1 Å². The molecule has 11 nitrogen and oxygen atoms in total. The van der Waals surface area contributed by atoms with E-state index in [-0.39, 0.29) is 28.4 Å². The van der Waals surface area contributed by atoms with Gasteiger partial charge in [0.15, 0.2) is 5.69 Å². The van der Waals surface area contributed by atoms with Crippen molar-refractivity contribution in [2.75, 3.05) is 16.3 Å². The summed E-state index contributed by atoms with van der Waals surface area (Å²) in [5.74, 6) is -0.903. The number of carbonyl (C=O) groups is 1. The van der Waals surface area contributed by atoms with Gasteiger partial charge in [-0.1, -0.05) is 24.3 Å². The largest absolute Gasteiger partial charge is 0.319 e. The number of para-hydroxylation sites is 4. The summed E-state index contributed by atoms with van der Waals surface area (Å²) < 4.78 is 26.5. The van der Waals surface area contributed by atoms with E-state index in [0.717, 1.165) is 17.0 Å². The molecule has 12 heteroatoms. The maximum absolute atomic E-state index is 12.8. The first kappa shape index (κ1) is 21.6. The number of nitrogens with zero attached hydrogens (tertiary/aromatic N) is 3. The molecule has 0 aliphatic heterocycles. The first-order valence-electron chi connectivity index (χ1n) is 8.80. The molecule has 2 aromatic carbocycles. The molecule has 3 aromatic rings. The minimum Gasteiger partial charge on any atom is -0.319 e. The van der Waals surface area contributed by atoms with Gasteiger partial charge < -0.3 is 5.32 Å². The summed E-state index contributed by atoms with van der Waals surface area (Å²) in [5, 5.41) is 17.8. The Bertz CT molecular complexity index is 1350. The van der Waals surface area contributed by atoms with E-state index in [1.54, 1.807) is 18.2 Å². The Labute approximate surface area is 176 Å². The Balaban J connectivity index is 2.04. The smallest absolute Gasteiger partial charge is 0.294 e. The van der Waals surface area contributed by atoms with Crippen LogP contribution in [0.2, 0.25) is 0 Å². The van der Waals surface area contributed by atoms with Crippen molar-refractivity contribution in [3.05, 3.63) is 86.3 Å². The number of aryl methyl sites for hydroxylation is 1. The first-order chi connectivity index (χ1) is 14.6. The van der Waals surface area contributed by atoms with E-state index in [9.17, 15) is 28.1 Å². The monoisotopic (exact) mass is 443 g/mol. The third-order valence-corrected chi connectivity index (χ3v) is 4.69. The molecule has 2 N–H and O–H groups in total. The standard InChI is InChI=1S/C19H17N5O6S/c1-12-11-17(25)18(21-23(12)15-9-5-6-10-16(15)24(27)28)19(26)20-13-7-3-4-8-14(13)22-31(2,29)30/h3-11,22H,1-2H3,(H,20,26). The molecular weight excluding hydrogens is 426 g/mol. The highest BCUT2D eigenvalue weighted by Crippen LogP contribution is 2.24. The van der Waals surface area contributed by atoms with Crippen LogP contribution < -0.4 is 15.5 Å². The lowest BCUT2D eigenvalue weighted by Gasteiger charge is -2.13. The van der Waals surface area contributed by atoms with Crippen molar-refractivity contribution in [2.45, 2.75) is 6.92 Å². The van der Waals surface area contributed by atoms with E-state index >= 15 is 0 Å². The fourth-order valence-corrected chi connectivity index (χ4v) is 3.39. The molecule has 0 aliphatic carbocycles. The molecule has 1 amide bonds. The summed E-state index contributed by atoms with van der Waals surface area (Å²) in [6, 6.07) is 12.9. The summed E-state index contributed by atoms with van der Waals surface area (Å²) in [4.78, 5) is 35.9.